The Morgan fingerprint density at radius 2 is 1.88 bits per heavy atom. The lowest BCUT2D eigenvalue weighted by molar-refractivity contribution is -0.142. The quantitative estimate of drug-likeness (QED) is 0.822. The smallest absolute Gasteiger partial charge is 0.321 e. The Kier molecular flexibility index (Phi) is 5.16. The molecule has 3 nitrogen and oxygen atoms in total. The number of carbonyl (C=O) groups is 1. The van der Waals surface area contributed by atoms with Gasteiger partial charge in [-0.15, -0.1) is 0 Å². The molecule has 0 saturated carbocycles. The SMILES string of the molecule is CC(C)CN(C)C(Cc1ccccc1)C(=O)O. The third-order valence-corrected chi connectivity index (χ3v) is 2.74. The Balaban J connectivity index is 2.70. The molecule has 1 aromatic rings. The van der Waals surface area contributed by atoms with Crippen molar-refractivity contribution in [3.63, 3.8) is 0 Å². The molecule has 0 bridgehead atoms. The molecule has 0 aliphatic rings. The van der Waals surface area contributed by atoms with E-state index in [9.17, 15) is 9.90 Å². The summed E-state index contributed by atoms with van der Waals surface area (Å²) in [6.07, 6.45) is 0.555. The summed E-state index contributed by atoms with van der Waals surface area (Å²) < 4.78 is 0. The maximum Gasteiger partial charge on any atom is 0.321 e. The number of likely N-dealkylation sites (N-methyl/N-ethyl adjacent to an activating group) is 1. The van der Waals surface area contributed by atoms with Crippen LogP contribution in [0.1, 0.15) is 19.4 Å². The van der Waals surface area contributed by atoms with Gasteiger partial charge in [0.1, 0.15) is 6.04 Å². The van der Waals surface area contributed by atoms with E-state index in [2.05, 4.69) is 13.8 Å². The molecule has 0 aromatic heterocycles. The van der Waals surface area contributed by atoms with Crippen molar-refractivity contribution in [3.8, 4) is 0 Å². The molecule has 0 radical (unpaired) electrons. The van der Waals surface area contributed by atoms with E-state index in [1.165, 1.54) is 0 Å². The van der Waals surface area contributed by atoms with E-state index in [-0.39, 0.29) is 0 Å². The number of aliphatic carboxylic acids is 1. The van der Waals surface area contributed by atoms with Crippen molar-refractivity contribution in [1.29, 1.82) is 0 Å². The molecular weight excluding hydrogens is 214 g/mol. The van der Waals surface area contributed by atoms with Crippen molar-refractivity contribution in [2.75, 3.05) is 13.6 Å². The standard InChI is InChI=1S/C14H21NO2/c1-11(2)10-15(3)13(14(16)17)9-12-7-5-4-6-8-12/h4-8,11,13H,9-10H2,1-3H3,(H,16,17). The van der Waals surface area contributed by atoms with E-state index >= 15 is 0 Å². The predicted molar refractivity (Wildman–Crippen MR) is 69.0 cm³/mol. The zero-order valence-corrected chi connectivity index (χ0v) is 10.8. The average molecular weight is 235 g/mol. The Labute approximate surface area is 103 Å². The van der Waals surface area contributed by atoms with E-state index in [1.54, 1.807) is 0 Å². The van der Waals surface area contributed by atoms with Crippen LogP contribution < -0.4 is 0 Å². The summed E-state index contributed by atoms with van der Waals surface area (Å²) in [5.41, 5.74) is 1.07. The molecule has 0 amide bonds. The molecule has 1 unspecified atom stereocenters. The fourth-order valence-electron chi connectivity index (χ4n) is 1.97. The van der Waals surface area contributed by atoms with Crippen molar-refractivity contribution in [2.24, 2.45) is 5.92 Å². The van der Waals surface area contributed by atoms with Gasteiger partial charge in [-0.05, 0) is 24.9 Å². The second-order valence-corrected chi connectivity index (χ2v) is 4.88. The first-order chi connectivity index (χ1) is 8.00. The van der Waals surface area contributed by atoms with Crippen LogP contribution in [0.4, 0.5) is 0 Å². The minimum absolute atomic E-state index is 0.445. The number of carboxylic acids is 1. The third-order valence-electron chi connectivity index (χ3n) is 2.74. The van der Waals surface area contributed by atoms with Crippen molar-refractivity contribution in [2.45, 2.75) is 26.3 Å². The summed E-state index contributed by atoms with van der Waals surface area (Å²) >= 11 is 0. The van der Waals surface area contributed by atoms with E-state index in [0.717, 1.165) is 12.1 Å². The highest BCUT2D eigenvalue weighted by molar-refractivity contribution is 5.73. The molecule has 94 valence electrons. The molecule has 0 aliphatic heterocycles. The van der Waals surface area contributed by atoms with Crippen LogP contribution in [0, 0.1) is 5.92 Å². The molecule has 1 rings (SSSR count). The lowest BCUT2D eigenvalue weighted by Gasteiger charge is -2.26. The topological polar surface area (TPSA) is 40.5 Å². The molecule has 1 aromatic carbocycles. The van der Waals surface area contributed by atoms with Crippen molar-refractivity contribution >= 4 is 5.97 Å². The fraction of sp³-hybridized carbons (Fsp3) is 0.500. The lowest BCUT2D eigenvalue weighted by Crippen LogP contribution is -2.41. The summed E-state index contributed by atoms with van der Waals surface area (Å²) in [5.74, 6) is -0.283. The minimum atomic E-state index is -0.753. The first kappa shape index (κ1) is 13.7. The zero-order chi connectivity index (χ0) is 12.8. The van der Waals surface area contributed by atoms with E-state index in [4.69, 9.17) is 0 Å². The molecule has 1 atom stereocenters. The third kappa shape index (κ3) is 4.57. The molecular formula is C14H21NO2. The maximum atomic E-state index is 11.3. The number of hydrogen-bond acceptors (Lipinski definition) is 2. The van der Waals surface area contributed by atoms with Gasteiger partial charge < -0.3 is 5.11 Å². The highest BCUT2D eigenvalue weighted by Crippen LogP contribution is 2.10. The molecule has 0 aliphatic carbocycles. The van der Waals surface area contributed by atoms with E-state index in [0.29, 0.717) is 12.3 Å². The van der Waals surface area contributed by atoms with Crippen LogP contribution in [-0.2, 0) is 11.2 Å². The van der Waals surface area contributed by atoms with Gasteiger partial charge in [-0.1, -0.05) is 44.2 Å². The maximum absolute atomic E-state index is 11.3. The number of carboxylic acid groups (broad SMARTS) is 1. The van der Waals surface area contributed by atoms with Crippen LogP contribution in [0.25, 0.3) is 0 Å². The molecule has 0 spiro atoms. The van der Waals surface area contributed by atoms with Crippen LogP contribution >= 0.6 is 0 Å². The van der Waals surface area contributed by atoms with Gasteiger partial charge in [-0.25, -0.2) is 0 Å². The van der Waals surface area contributed by atoms with Crippen molar-refractivity contribution < 1.29 is 9.90 Å². The summed E-state index contributed by atoms with van der Waals surface area (Å²) in [7, 11) is 1.88. The zero-order valence-electron chi connectivity index (χ0n) is 10.8. The number of benzene rings is 1. The van der Waals surface area contributed by atoms with E-state index < -0.39 is 12.0 Å². The molecule has 0 fully saturated rings. The fourth-order valence-corrected chi connectivity index (χ4v) is 1.97. The molecule has 17 heavy (non-hydrogen) atoms. The van der Waals surface area contributed by atoms with Crippen LogP contribution in [0.3, 0.4) is 0 Å². The second kappa shape index (κ2) is 6.40. The first-order valence-electron chi connectivity index (χ1n) is 5.97. The number of hydrogen-bond donors (Lipinski definition) is 1. The van der Waals surface area contributed by atoms with Gasteiger partial charge in [0.2, 0.25) is 0 Å². The van der Waals surface area contributed by atoms with Gasteiger partial charge in [-0.3, -0.25) is 9.69 Å². The lowest BCUT2D eigenvalue weighted by atomic mass is 10.0. The second-order valence-electron chi connectivity index (χ2n) is 4.88. The number of nitrogens with zero attached hydrogens (tertiary/aromatic N) is 1. The van der Waals surface area contributed by atoms with Crippen LogP contribution in [0.5, 0.6) is 0 Å². The first-order valence-corrected chi connectivity index (χ1v) is 5.97. The van der Waals surface area contributed by atoms with Gasteiger partial charge in [0.25, 0.3) is 0 Å². The van der Waals surface area contributed by atoms with Gasteiger partial charge in [-0.2, -0.15) is 0 Å². The Morgan fingerprint density at radius 3 is 2.35 bits per heavy atom. The highest BCUT2D eigenvalue weighted by atomic mass is 16.4. The summed E-state index contributed by atoms with van der Waals surface area (Å²) in [6.45, 7) is 4.99. The Morgan fingerprint density at radius 1 is 1.29 bits per heavy atom. The minimum Gasteiger partial charge on any atom is -0.480 e. The molecule has 0 heterocycles. The summed E-state index contributed by atoms with van der Waals surface area (Å²) in [6, 6.07) is 9.32. The number of rotatable bonds is 6. The molecule has 3 heteroatoms. The molecule has 1 N–H and O–H groups in total. The van der Waals surface area contributed by atoms with Crippen molar-refractivity contribution in [3.05, 3.63) is 35.9 Å². The molecule has 0 saturated heterocycles. The van der Waals surface area contributed by atoms with Crippen LogP contribution in [0.2, 0.25) is 0 Å². The van der Waals surface area contributed by atoms with E-state index in [1.807, 2.05) is 42.3 Å². The summed E-state index contributed by atoms with van der Waals surface area (Å²) in [4.78, 5) is 13.2. The van der Waals surface area contributed by atoms with Gasteiger partial charge in [0.05, 0.1) is 0 Å². The largest absolute Gasteiger partial charge is 0.480 e. The van der Waals surface area contributed by atoms with Crippen LogP contribution in [-0.4, -0.2) is 35.6 Å². The average Bonchev–Trinajstić information content (AvgIpc) is 2.25. The van der Waals surface area contributed by atoms with Crippen molar-refractivity contribution in [1.82, 2.24) is 4.90 Å². The highest BCUT2D eigenvalue weighted by Gasteiger charge is 2.23. The normalized spacial score (nSPS) is 13.0. The van der Waals surface area contributed by atoms with Gasteiger partial charge in [0, 0.05) is 6.54 Å². The monoisotopic (exact) mass is 235 g/mol. The van der Waals surface area contributed by atoms with Crippen LogP contribution in [0.15, 0.2) is 30.3 Å². The Bertz CT molecular complexity index is 348. The Hall–Kier alpha value is -1.35. The predicted octanol–water partition coefficient (Wildman–Crippen LogP) is 2.27. The van der Waals surface area contributed by atoms with Gasteiger partial charge >= 0.3 is 5.97 Å². The van der Waals surface area contributed by atoms with Gasteiger partial charge in [0.15, 0.2) is 0 Å². The summed E-state index contributed by atoms with van der Waals surface area (Å²) in [5, 5.41) is 9.28.